The van der Waals surface area contributed by atoms with Crippen LogP contribution in [-0.2, 0) is 11.3 Å². The highest BCUT2D eigenvalue weighted by atomic mass is 16.2. The van der Waals surface area contributed by atoms with E-state index in [9.17, 15) is 4.79 Å². The first-order valence-corrected chi connectivity index (χ1v) is 9.09. The van der Waals surface area contributed by atoms with Crippen molar-refractivity contribution in [2.45, 2.75) is 25.9 Å². The van der Waals surface area contributed by atoms with Crippen molar-refractivity contribution in [1.82, 2.24) is 24.8 Å². The average molecular weight is 349 g/mol. The van der Waals surface area contributed by atoms with E-state index in [1.54, 1.807) is 6.20 Å². The summed E-state index contributed by atoms with van der Waals surface area (Å²) in [5, 5.41) is 7.91. The van der Waals surface area contributed by atoms with Crippen LogP contribution in [0.25, 0.3) is 5.52 Å². The van der Waals surface area contributed by atoms with E-state index < -0.39 is 0 Å². The SMILES string of the molecule is CCN1C(=O)C[C@@H](CNCc2cnn3ccccc23)[C@@H]1c1cccnc1. The van der Waals surface area contributed by atoms with Gasteiger partial charge < -0.3 is 10.2 Å². The number of amides is 1. The summed E-state index contributed by atoms with van der Waals surface area (Å²) in [6, 6.07) is 10.2. The second kappa shape index (κ2) is 7.25. The Bertz CT molecular complexity index is 891. The molecule has 2 atom stereocenters. The molecule has 1 aliphatic heterocycles. The molecule has 0 aliphatic carbocycles. The largest absolute Gasteiger partial charge is 0.336 e. The van der Waals surface area contributed by atoms with E-state index in [1.165, 1.54) is 5.56 Å². The summed E-state index contributed by atoms with van der Waals surface area (Å²) in [5.74, 6) is 0.470. The van der Waals surface area contributed by atoms with Gasteiger partial charge in [-0.15, -0.1) is 0 Å². The lowest BCUT2D eigenvalue weighted by molar-refractivity contribution is -0.128. The minimum atomic E-state index is 0.0950. The number of rotatable bonds is 6. The van der Waals surface area contributed by atoms with Crippen molar-refractivity contribution < 1.29 is 4.79 Å². The molecule has 4 heterocycles. The lowest BCUT2D eigenvalue weighted by atomic mass is 9.94. The van der Waals surface area contributed by atoms with Crippen LogP contribution in [0.3, 0.4) is 0 Å². The molecule has 1 saturated heterocycles. The fraction of sp³-hybridized carbons (Fsp3) is 0.350. The molecule has 134 valence electrons. The zero-order valence-corrected chi connectivity index (χ0v) is 14.9. The van der Waals surface area contributed by atoms with Crippen LogP contribution < -0.4 is 5.32 Å². The standard InChI is InChI=1S/C20H23N5O/c1-2-24-19(26)10-16(20(24)15-6-5-8-21-11-15)12-22-13-17-14-23-25-9-4-3-7-18(17)25/h3-9,11,14,16,20,22H,2,10,12-13H2,1H3/t16-,20-/m0/s1. The zero-order valence-electron chi connectivity index (χ0n) is 14.9. The van der Waals surface area contributed by atoms with Crippen LogP contribution in [-0.4, -0.2) is 38.5 Å². The molecule has 0 spiro atoms. The molecular weight excluding hydrogens is 326 g/mol. The molecular formula is C20H23N5O. The molecule has 0 saturated carbocycles. The first-order chi connectivity index (χ1) is 12.8. The molecule has 6 heteroatoms. The van der Waals surface area contributed by atoms with Gasteiger partial charge in [-0.05, 0) is 30.7 Å². The Kier molecular flexibility index (Phi) is 4.67. The molecule has 0 aromatic carbocycles. The van der Waals surface area contributed by atoms with Crippen LogP contribution in [0.4, 0.5) is 0 Å². The molecule has 1 N–H and O–H groups in total. The first kappa shape index (κ1) is 16.7. The van der Waals surface area contributed by atoms with E-state index in [4.69, 9.17) is 0 Å². The smallest absolute Gasteiger partial charge is 0.223 e. The Labute approximate surface area is 152 Å². The summed E-state index contributed by atoms with van der Waals surface area (Å²) in [5.41, 5.74) is 3.39. The highest BCUT2D eigenvalue weighted by molar-refractivity contribution is 5.79. The number of nitrogens with one attached hydrogen (secondary N) is 1. The van der Waals surface area contributed by atoms with E-state index in [2.05, 4.69) is 27.5 Å². The number of hydrogen-bond acceptors (Lipinski definition) is 4. The van der Waals surface area contributed by atoms with Gasteiger partial charge in [0.05, 0.1) is 17.8 Å². The van der Waals surface area contributed by atoms with E-state index >= 15 is 0 Å². The van der Waals surface area contributed by atoms with Crippen LogP contribution in [0, 0.1) is 5.92 Å². The fourth-order valence-corrected chi connectivity index (χ4v) is 3.94. The Balaban J connectivity index is 1.47. The van der Waals surface area contributed by atoms with E-state index in [0.717, 1.165) is 30.7 Å². The summed E-state index contributed by atoms with van der Waals surface area (Å²) < 4.78 is 1.88. The molecule has 26 heavy (non-hydrogen) atoms. The molecule has 3 aromatic heterocycles. The minimum absolute atomic E-state index is 0.0950. The normalized spacial score (nSPS) is 20.2. The Morgan fingerprint density at radius 3 is 2.96 bits per heavy atom. The summed E-state index contributed by atoms with van der Waals surface area (Å²) in [6.07, 6.45) is 8.08. The van der Waals surface area contributed by atoms with Gasteiger partial charge in [-0.2, -0.15) is 5.10 Å². The van der Waals surface area contributed by atoms with Gasteiger partial charge in [-0.25, -0.2) is 4.52 Å². The molecule has 0 bridgehead atoms. The van der Waals surface area contributed by atoms with E-state index in [1.807, 2.05) is 53.1 Å². The molecule has 3 aromatic rings. The van der Waals surface area contributed by atoms with Gasteiger partial charge in [0.25, 0.3) is 0 Å². The van der Waals surface area contributed by atoms with Gasteiger partial charge in [0.15, 0.2) is 0 Å². The molecule has 1 amide bonds. The lowest BCUT2D eigenvalue weighted by Gasteiger charge is -2.27. The third kappa shape index (κ3) is 3.08. The predicted molar refractivity (Wildman–Crippen MR) is 99.4 cm³/mol. The van der Waals surface area contributed by atoms with Crippen LogP contribution in [0.1, 0.15) is 30.5 Å². The maximum atomic E-state index is 12.4. The van der Waals surface area contributed by atoms with Gasteiger partial charge >= 0.3 is 0 Å². The summed E-state index contributed by atoms with van der Waals surface area (Å²) in [4.78, 5) is 18.6. The second-order valence-corrected chi connectivity index (χ2v) is 6.71. The maximum Gasteiger partial charge on any atom is 0.223 e. The van der Waals surface area contributed by atoms with Gasteiger partial charge in [-0.1, -0.05) is 12.1 Å². The minimum Gasteiger partial charge on any atom is -0.336 e. The molecule has 1 fully saturated rings. The van der Waals surface area contributed by atoms with Crippen molar-refractivity contribution in [2.24, 2.45) is 5.92 Å². The number of carbonyl (C=O) groups excluding carboxylic acids is 1. The number of fused-ring (bicyclic) bond motifs is 1. The van der Waals surface area contributed by atoms with Crippen molar-refractivity contribution in [2.75, 3.05) is 13.1 Å². The van der Waals surface area contributed by atoms with Gasteiger partial charge in [0.2, 0.25) is 5.91 Å². The van der Waals surface area contributed by atoms with E-state index in [-0.39, 0.29) is 17.9 Å². The van der Waals surface area contributed by atoms with Crippen molar-refractivity contribution in [3.8, 4) is 0 Å². The summed E-state index contributed by atoms with van der Waals surface area (Å²) in [6.45, 7) is 4.29. The highest BCUT2D eigenvalue weighted by Crippen LogP contribution is 2.37. The van der Waals surface area contributed by atoms with Crippen molar-refractivity contribution in [3.63, 3.8) is 0 Å². The predicted octanol–water partition coefficient (Wildman–Crippen LogP) is 2.43. The number of aromatic nitrogens is 3. The topological polar surface area (TPSA) is 62.5 Å². The second-order valence-electron chi connectivity index (χ2n) is 6.71. The number of likely N-dealkylation sites (tertiary alicyclic amines) is 1. The van der Waals surface area contributed by atoms with Crippen molar-refractivity contribution in [1.29, 1.82) is 0 Å². The number of carbonyl (C=O) groups is 1. The highest BCUT2D eigenvalue weighted by Gasteiger charge is 2.39. The van der Waals surface area contributed by atoms with Gasteiger partial charge in [-0.3, -0.25) is 9.78 Å². The van der Waals surface area contributed by atoms with Crippen LogP contribution in [0.15, 0.2) is 55.1 Å². The number of pyridine rings is 2. The molecule has 4 rings (SSSR count). The Hall–Kier alpha value is -2.73. The molecule has 0 unspecified atom stereocenters. The number of hydrogen-bond donors (Lipinski definition) is 1. The zero-order chi connectivity index (χ0) is 17.9. The summed E-state index contributed by atoms with van der Waals surface area (Å²) in [7, 11) is 0. The fourth-order valence-electron chi connectivity index (χ4n) is 3.94. The number of nitrogens with zero attached hydrogens (tertiary/aromatic N) is 4. The molecule has 0 radical (unpaired) electrons. The Morgan fingerprint density at radius 1 is 1.23 bits per heavy atom. The quantitative estimate of drug-likeness (QED) is 0.742. The van der Waals surface area contributed by atoms with E-state index in [0.29, 0.717) is 6.42 Å². The summed E-state index contributed by atoms with van der Waals surface area (Å²) >= 11 is 0. The maximum absolute atomic E-state index is 12.4. The van der Waals surface area contributed by atoms with Crippen molar-refractivity contribution in [3.05, 3.63) is 66.2 Å². The van der Waals surface area contributed by atoms with Crippen LogP contribution in [0.2, 0.25) is 0 Å². The molecule has 1 aliphatic rings. The average Bonchev–Trinajstić information content (AvgIpc) is 3.23. The van der Waals surface area contributed by atoms with Crippen LogP contribution >= 0.6 is 0 Å². The first-order valence-electron chi connectivity index (χ1n) is 9.09. The van der Waals surface area contributed by atoms with Crippen LogP contribution in [0.5, 0.6) is 0 Å². The third-order valence-corrected chi connectivity index (χ3v) is 5.13. The lowest BCUT2D eigenvalue weighted by Crippen LogP contribution is -2.31. The molecule has 6 nitrogen and oxygen atoms in total. The van der Waals surface area contributed by atoms with Gasteiger partial charge in [0, 0.05) is 56.1 Å². The van der Waals surface area contributed by atoms with Gasteiger partial charge in [0.1, 0.15) is 0 Å². The monoisotopic (exact) mass is 349 g/mol. The van der Waals surface area contributed by atoms with Crippen molar-refractivity contribution >= 4 is 11.4 Å². The third-order valence-electron chi connectivity index (χ3n) is 5.13. The Morgan fingerprint density at radius 2 is 2.15 bits per heavy atom.